The number of aromatic hydroxyl groups is 1. The number of Topliss-reactive ketones (excluding diaryl/α,β-unsaturated/α-hetero) is 2. The van der Waals surface area contributed by atoms with E-state index < -0.39 is 82.6 Å². The Morgan fingerprint density at radius 3 is 2.28 bits per heavy atom. The van der Waals surface area contributed by atoms with Crippen molar-refractivity contribution in [2.24, 2.45) is 22.7 Å². The molecule has 12 nitrogen and oxygen atoms in total. The van der Waals surface area contributed by atoms with E-state index in [1.165, 1.54) is 6.92 Å². The molecule has 0 bridgehead atoms. The van der Waals surface area contributed by atoms with Crippen LogP contribution in [0.25, 0.3) is 0 Å². The van der Waals surface area contributed by atoms with Crippen LogP contribution in [0.3, 0.4) is 0 Å². The molecule has 0 spiro atoms. The van der Waals surface area contributed by atoms with Gasteiger partial charge in [-0.3, -0.25) is 9.59 Å². The van der Waals surface area contributed by atoms with Crippen molar-refractivity contribution in [3.8, 4) is 11.5 Å². The third-order valence-electron chi connectivity index (χ3n) is 12.7. The first-order valence-corrected chi connectivity index (χ1v) is 16.6. The number of carbonyl (C=O) groups is 2. The van der Waals surface area contributed by atoms with Gasteiger partial charge in [-0.1, -0.05) is 13.8 Å². The standard InChI is InChI=1S/C35H52O12/c1-16-17-8-9-22-32(4)13-19(37)29(35(7,45)23(38)10-11-31(2,3)44)33(32,5)14-24(39)34(22,6)18(17)12-20(25(16)40)46-30-28(43)27(42)26(41)21(15-36)47-30/h12,19,21-22,26-30,36-37,40-45H,8-11,13-15H2,1-7H3/t19-,21?,22+,26?,27?,28?,29+,30?,32+,33-,34-,35+/m1/s1. The van der Waals surface area contributed by atoms with Gasteiger partial charge in [0, 0.05) is 18.8 Å². The monoisotopic (exact) mass is 664 g/mol. The highest BCUT2D eigenvalue weighted by Gasteiger charge is 2.73. The van der Waals surface area contributed by atoms with Crippen molar-refractivity contribution in [1.29, 1.82) is 0 Å². The van der Waals surface area contributed by atoms with Crippen molar-refractivity contribution in [1.82, 2.24) is 0 Å². The molecule has 1 aliphatic heterocycles. The fourth-order valence-electron chi connectivity index (χ4n) is 9.82. The molecule has 5 unspecified atom stereocenters. The van der Waals surface area contributed by atoms with Gasteiger partial charge in [-0.2, -0.15) is 0 Å². The molecule has 1 heterocycles. The predicted octanol–water partition coefficient (Wildman–Crippen LogP) is 0.937. The zero-order chi connectivity index (χ0) is 35.2. The highest BCUT2D eigenvalue weighted by atomic mass is 16.7. The molecule has 0 aromatic heterocycles. The van der Waals surface area contributed by atoms with E-state index in [4.69, 9.17) is 9.47 Å². The number of hydrogen-bond donors (Lipinski definition) is 8. The van der Waals surface area contributed by atoms with Gasteiger partial charge in [-0.25, -0.2) is 0 Å². The Hall–Kier alpha value is -2.16. The maximum atomic E-state index is 14.6. The third-order valence-corrected chi connectivity index (χ3v) is 12.7. The second kappa shape index (κ2) is 11.7. The first kappa shape index (κ1) is 36.1. The number of ether oxygens (including phenoxy) is 2. The van der Waals surface area contributed by atoms with Gasteiger partial charge in [-0.05, 0) is 99.8 Å². The Balaban J connectivity index is 1.53. The number of hydrogen-bond acceptors (Lipinski definition) is 12. The summed E-state index contributed by atoms with van der Waals surface area (Å²) in [6.07, 6.45) is -7.54. The lowest BCUT2D eigenvalue weighted by molar-refractivity contribution is -0.277. The number of phenols is 1. The van der Waals surface area contributed by atoms with Gasteiger partial charge in [-0.15, -0.1) is 0 Å². The molecular weight excluding hydrogens is 612 g/mol. The molecule has 3 aliphatic carbocycles. The van der Waals surface area contributed by atoms with Gasteiger partial charge in [0.1, 0.15) is 35.8 Å². The Bertz CT molecular complexity index is 1420. The zero-order valence-corrected chi connectivity index (χ0v) is 28.4. The molecule has 0 radical (unpaired) electrons. The number of rotatable bonds is 8. The van der Waals surface area contributed by atoms with Crippen LogP contribution in [0.4, 0.5) is 0 Å². The van der Waals surface area contributed by atoms with Crippen LogP contribution in [0.2, 0.25) is 0 Å². The van der Waals surface area contributed by atoms with E-state index in [1.807, 2.05) is 20.8 Å². The molecule has 0 amide bonds. The molecule has 1 saturated heterocycles. The Labute approximate surface area is 275 Å². The first-order valence-electron chi connectivity index (χ1n) is 16.6. The van der Waals surface area contributed by atoms with Crippen LogP contribution in [-0.4, -0.2) is 107 Å². The first-order chi connectivity index (χ1) is 21.6. The maximum Gasteiger partial charge on any atom is 0.229 e. The van der Waals surface area contributed by atoms with Crippen LogP contribution >= 0.6 is 0 Å². The molecule has 8 N–H and O–H groups in total. The molecule has 12 atom stereocenters. The van der Waals surface area contributed by atoms with Crippen molar-refractivity contribution >= 4 is 11.6 Å². The van der Waals surface area contributed by atoms with Gasteiger partial charge < -0.3 is 50.3 Å². The van der Waals surface area contributed by atoms with E-state index in [0.29, 0.717) is 24.0 Å². The smallest absolute Gasteiger partial charge is 0.229 e. The van der Waals surface area contributed by atoms with Crippen molar-refractivity contribution in [3.05, 3.63) is 22.8 Å². The van der Waals surface area contributed by atoms with E-state index >= 15 is 0 Å². The SMILES string of the molecule is Cc1c(O)c(OC2OC(CO)C(O)C(O)C2O)cc2c1CC[C@H]1[C@]3(C)C[C@@H](O)[C@H]([C@@](C)(O)C(=O)CCC(C)(C)O)[C@@]3(C)CC(=O)[C@]21C. The van der Waals surface area contributed by atoms with Crippen LogP contribution in [-0.2, 0) is 26.2 Å². The Kier molecular flexibility index (Phi) is 9.01. The summed E-state index contributed by atoms with van der Waals surface area (Å²) < 4.78 is 11.4. The van der Waals surface area contributed by atoms with Gasteiger partial charge in [0.15, 0.2) is 17.3 Å². The highest BCUT2D eigenvalue weighted by molar-refractivity contribution is 5.94. The van der Waals surface area contributed by atoms with E-state index in [9.17, 15) is 50.4 Å². The van der Waals surface area contributed by atoms with E-state index in [-0.39, 0.29) is 48.9 Å². The molecule has 4 aliphatic rings. The van der Waals surface area contributed by atoms with Crippen molar-refractivity contribution in [2.45, 2.75) is 140 Å². The van der Waals surface area contributed by atoms with Gasteiger partial charge in [0.25, 0.3) is 0 Å². The molecule has 264 valence electrons. The topological polar surface area (TPSA) is 214 Å². The van der Waals surface area contributed by atoms with Crippen molar-refractivity contribution in [3.63, 3.8) is 0 Å². The lowest BCUT2D eigenvalue weighted by atomic mass is 9.41. The van der Waals surface area contributed by atoms with Gasteiger partial charge in [0.05, 0.1) is 23.7 Å². The minimum absolute atomic E-state index is 0.0323. The fraction of sp³-hybridized carbons (Fsp3) is 0.771. The lowest BCUT2D eigenvalue weighted by Gasteiger charge is -2.61. The minimum atomic E-state index is -1.95. The molecule has 12 heteroatoms. The number of phenolic OH excluding ortho intramolecular Hbond substituents is 1. The Morgan fingerprint density at radius 1 is 1.04 bits per heavy atom. The van der Waals surface area contributed by atoms with Crippen molar-refractivity contribution in [2.75, 3.05) is 6.61 Å². The number of carbonyl (C=O) groups excluding carboxylic acids is 2. The largest absolute Gasteiger partial charge is 0.504 e. The number of ketones is 2. The summed E-state index contributed by atoms with van der Waals surface area (Å²) in [7, 11) is 0. The molecule has 47 heavy (non-hydrogen) atoms. The van der Waals surface area contributed by atoms with E-state index in [2.05, 4.69) is 0 Å². The third kappa shape index (κ3) is 5.34. The van der Waals surface area contributed by atoms with Crippen molar-refractivity contribution < 1.29 is 59.9 Å². The lowest BCUT2D eigenvalue weighted by Crippen LogP contribution is -2.63. The van der Waals surface area contributed by atoms with Crippen LogP contribution in [0.5, 0.6) is 11.5 Å². The fourth-order valence-corrected chi connectivity index (χ4v) is 9.82. The van der Waals surface area contributed by atoms with E-state index in [1.54, 1.807) is 26.8 Å². The number of benzene rings is 1. The second-order valence-corrected chi connectivity index (χ2v) is 16.1. The summed E-state index contributed by atoms with van der Waals surface area (Å²) in [5, 5.41) is 85.5. The summed E-state index contributed by atoms with van der Waals surface area (Å²) in [6.45, 7) is 11.4. The molecule has 1 aromatic carbocycles. The average molecular weight is 665 g/mol. The highest BCUT2D eigenvalue weighted by Crippen LogP contribution is 2.72. The van der Waals surface area contributed by atoms with Crippen LogP contribution in [0, 0.1) is 29.6 Å². The van der Waals surface area contributed by atoms with Crippen LogP contribution in [0.1, 0.15) is 90.3 Å². The van der Waals surface area contributed by atoms with Gasteiger partial charge >= 0.3 is 0 Å². The molecule has 1 aromatic rings. The molecule has 3 fully saturated rings. The number of aliphatic hydroxyl groups is 7. The number of aliphatic hydroxyl groups excluding tert-OH is 5. The summed E-state index contributed by atoms with van der Waals surface area (Å²) >= 11 is 0. The predicted molar refractivity (Wildman–Crippen MR) is 168 cm³/mol. The minimum Gasteiger partial charge on any atom is -0.504 e. The summed E-state index contributed by atoms with van der Waals surface area (Å²) in [4.78, 5) is 28.0. The maximum absolute atomic E-state index is 14.6. The molecule has 5 rings (SSSR count). The molecule has 2 saturated carbocycles. The number of fused-ring (bicyclic) bond motifs is 5. The molecular formula is C35H52O12. The van der Waals surface area contributed by atoms with Crippen LogP contribution in [0.15, 0.2) is 6.07 Å². The second-order valence-electron chi connectivity index (χ2n) is 16.1. The summed E-state index contributed by atoms with van der Waals surface area (Å²) in [5.74, 6) is -2.26. The Morgan fingerprint density at radius 2 is 1.68 bits per heavy atom. The normalized spacial score (nSPS) is 41.4. The van der Waals surface area contributed by atoms with Gasteiger partial charge in [0.2, 0.25) is 6.29 Å². The summed E-state index contributed by atoms with van der Waals surface area (Å²) in [6, 6.07) is 1.55. The quantitative estimate of drug-likeness (QED) is 0.195. The zero-order valence-electron chi connectivity index (χ0n) is 28.4. The summed E-state index contributed by atoms with van der Waals surface area (Å²) in [5.41, 5.74) is -3.99. The average Bonchev–Trinajstić information content (AvgIpc) is 3.19. The van der Waals surface area contributed by atoms with Crippen LogP contribution < -0.4 is 4.74 Å². The van der Waals surface area contributed by atoms with E-state index in [0.717, 1.165) is 5.56 Å².